The van der Waals surface area contributed by atoms with Gasteiger partial charge < -0.3 is 9.13 Å². The number of aromatic nitrogens is 2. The van der Waals surface area contributed by atoms with Crippen LogP contribution in [0.4, 0.5) is 0 Å². The number of hydrogen-bond donors (Lipinski definition) is 0. The molecule has 2 aromatic heterocycles. The molecule has 0 amide bonds. The minimum atomic E-state index is 0.437. The van der Waals surface area contributed by atoms with E-state index in [-0.39, 0.29) is 0 Å². The van der Waals surface area contributed by atoms with Crippen molar-refractivity contribution < 1.29 is 0 Å². The molecule has 0 saturated heterocycles. The highest BCUT2D eigenvalue weighted by Crippen LogP contribution is 2.49. The minimum absolute atomic E-state index is 0.437. The van der Waals surface area contributed by atoms with Crippen LogP contribution in [0.25, 0.3) is 61.3 Å². The SMILES string of the molecule is C1=Cc2c(n(-c3cccc(-c4ccc(-n5c6ccccc6c6ccccc65)cc4)c3)c3ccccc23)[C@@H]2C=C12. The zero-order valence-corrected chi connectivity index (χ0v) is 21.3. The van der Waals surface area contributed by atoms with Gasteiger partial charge in [-0.3, -0.25) is 0 Å². The number of hydrogen-bond acceptors (Lipinski definition) is 0. The zero-order valence-electron chi connectivity index (χ0n) is 21.3. The van der Waals surface area contributed by atoms with Gasteiger partial charge in [0, 0.05) is 44.7 Å². The molecule has 0 spiro atoms. The Hall–Kier alpha value is -5.08. The molecule has 0 unspecified atom stereocenters. The molecule has 5 aromatic carbocycles. The molecule has 39 heavy (non-hydrogen) atoms. The standard InChI is InChI=1S/C37H24N2/c1-4-13-34-29(10-1)30-11-2-5-14-35(30)38(34)27-19-16-24(17-20-27)25-8-7-9-28(22-25)39-36-15-6-3-12-31(36)32-21-18-26-23-33(26)37(32)39/h1-23,33H/t33-/m1/s1. The van der Waals surface area contributed by atoms with Gasteiger partial charge in [0.15, 0.2) is 0 Å². The molecule has 0 aliphatic heterocycles. The molecule has 0 radical (unpaired) electrons. The Balaban J connectivity index is 1.16. The third-order valence-electron chi connectivity index (χ3n) is 8.44. The van der Waals surface area contributed by atoms with Crippen LogP contribution in [0, 0.1) is 0 Å². The van der Waals surface area contributed by atoms with Crippen molar-refractivity contribution in [3.05, 3.63) is 150 Å². The van der Waals surface area contributed by atoms with Crippen LogP contribution in [-0.4, -0.2) is 9.13 Å². The second-order valence-electron chi connectivity index (χ2n) is 10.6. The molecule has 9 rings (SSSR count). The van der Waals surface area contributed by atoms with E-state index in [4.69, 9.17) is 0 Å². The smallest absolute Gasteiger partial charge is 0.0541 e. The van der Waals surface area contributed by atoms with E-state index in [0.29, 0.717) is 5.92 Å². The molecule has 1 atom stereocenters. The molecule has 2 heterocycles. The maximum atomic E-state index is 2.47. The first kappa shape index (κ1) is 20.9. The third-order valence-corrected chi connectivity index (χ3v) is 8.44. The van der Waals surface area contributed by atoms with E-state index in [2.05, 4.69) is 149 Å². The molecule has 2 nitrogen and oxygen atoms in total. The van der Waals surface area contributed by atoms with Gasteiger partial charge in [-0.2, -0.15) is 0 Å². The summed E-state index contributed by atoms with van der Waals surface area (Å²) in [6, 6.07) is 44.1. The first-order chi connectivity index (χ1) is 19.3. The van der Waals surface area contributed by atoms with E-state index in [1.165, 1.54) is 72.0 Å². The number of allylic oxidation sites excluding steroid dienone is 3. The summed E-state index contributed by atoms with van der Waals surface area (Å²) in [5.74, 6) is 0.437. The monoisotopic (exact) mass is 496 g/mol. The second-order valence-corrected chi connectivity index (χ2v) is 10.6. The highest BCUT2D eigenvalue weighted by molar-refractivity contribution is 6.09. The van der Waals surface area contributed by atoms with Crippen LogP contribution in [0.15, 0.2) is 139 Å². The summed E-state index contributed by atoms with van der Waals surface area (Å²) in [6.45, 7) is 0. The Kier molecular flexibility index (Phi) is 4.14. The van der Waals surface area contributed by atoms with Gasteiger partial charge in [-0.15, -0.1) is 0 Å². The fourth-order valence-corrected chi connectivity index (χ4v) is 6.59. The molecule has 2 heteroatoms. The van der Waals surface area contributed by atoms with E-state index in [1.807, 2.05) is 0 Å². The van der Waals surface area contributed by atoms with Crippen LogP contribution >= 0.6 is 0 Å². The average molecular weight is 497 g/mol. The molecule has 7 aromatic rings. The molecular formula is C37H24N2. The van der Waals surface area contributed by atoms with E-state index in [9.17, 15) is 0 Å². The fraction of sp³-hybridized carbons (Fsp3) is 0.0270. The van der Waals surface area contributed by atoms with Crippen molar-refractivity contribution in [3.8, 4) is 22.5 Å². The Morgan fingerprint density at radius 2 is 1.10 bits per heavy atom. The molecular weight excluding hydrogens is 472 g/mol. The van der Waals surface area contributed by atoms with Crippen LogP contribution in [0.1, 0.15) is 17.2 Å². The summed E-state index contributed by atoms with van der Waals surface area (Å²) in [4.78, 5) is 0. The van der Waals surface area contributed by atoms with Gasteiger partial charge >= 0.3 is 0 Å². The number of fused-ring (bicyclic) bond motifs is 8. The van der Waals surface area contributed by atoms with Gasteiger partial charge in [-0.25, -0.2) is 0 Å². The van der Waals surface area contributed by atoms with Crippen LogP contribution in [0.3, 0.4) is 0 Å². The maximum absolute atomic E-state index is 2.47. The molecule has 2 aliphatic rings. The summed E-state index contributed by atoms with van der Waals surface area (Å²) in [6.07, 6.45) is 6.94. The Morgan fingerprint density at radius 1 is 0.462 bits per heavy atom. The van der Waals surface area contributed by atoms with Gasteiger partial charge in [0.05, 0.1) is 16.6 Å². The lowest BCUT2D eigenvalue weighted by molar-refractivity contribution is 0.970. The van der Waals surface area contributed by atoms with Gasteiger partial charge in [-0.1, -0.05) is 97.1 Å². The summed E-state index contributed by atoms with van der Waals surface area (Å²) in [5, 5.41) is 3.90. The number of para-hydroxylation sites is 3. The molecule has 2 aliphatic carbocycles. The van der Waals surface area contributed by atoms with Crippen LogP contribution in [-0.2, 0) is 0 Å². The summed E-state index contributed by atoms with van der Waals surface area (Å²) in [5.41, 5.74) is 12.8. The highest BCUT2D eigenvalue weighted by atomic mass is 15.0. The molecule has 0 fully saturated rings. The van der Waals surface area contributed by atoms with Crippen molar-refractivity contribution in [2.45, 2.75) is 5.92 Å². The molecule has 0 N–H and O–H groups in total. The number of rotatable bonds is 3. The van der Waals surface area contributed by atoms with Crippen molar-refractivity contribution in [2.24, 2.45) is 0 Å². The summed E-state index contributed by atoms with van der Waals surface area (Å²) < 4.78 is 4.84. The molecule has 0 bridgehead atoms. The topological polar surface area (TPSA) is 9.86 Å². The van der Waals surface area contributed by atoms with Crippen molar-refractivity contribution in [1.82, 2.24) is 9.13 Å². The normalized spacial score (nSPS) is 15.5. The van der Waals surface area contributed by atoms with Gasteiger partial charge in [-0.05, 0) is 59.2 Å². The molecule has 0 saturated carbocycles. The predicted octanol–water partition coefficient (Wildman–Crippen LogP) is 9.44. The minimum Gasteiger partial charge on any atom is -0.312 e. The van der Waals surface area contributed by atoms with Gasteiger partial charge in [0.1, 0.15) is 0 Å². The van der Waals surface area contributed by atoms with Gasteiger partial charge in [0.25, 0.3) is 0 Å². The lowest BCUT2D eigenvalue weighted by atomic mass is 10.0. The van der Waals surface area contributed by atoms with Crippen molar-refractivity contribution in [3.63, 3.8) is 0 Å². The van der Waals surface area contributed by atoms with Crippen molar-refractivity contribution in [1.29, 1.82) is 0 Å². The van der Waals surface area contributed by atoms with Crippen LogP contribution in [0.2, 0.25) is 0 Å². The molecule has 182 valence electrons. The fourth-order valence-electron chi connectivity index (χ4n) is 6.59. The van der Waals surface area contributed by atoms with E-state index >= 15 is 0 Å². The Bertz CT molecular complexity index is 2110. The summed E-state index contributed by atoms with van der Waals surface area (Å²) in [7, 11) is 0. The van der Waals surface area contributed by atoms with Crippen molar-refractivity contribution in [2.75, 3.05) is 0 Å². The lowest BCUT2D eigenvalue weighted by Crippen LogP contribution is -2.02. The predicted molar refractivity (Wildman–Crippen MR) is 163 cm³/mol. The Labute approximate surface area is 226 Å². The first-order valence-corrected chi connectivity index (χ1v) is 13.6. The summed E-state index contributed by atoms with van der Waals surface area (Å²) >= 11 is 0. The van der Waals surface area contributed by atoms with Crippen LogP contribution in [0.5, 0.6) is 0 Å². The lowest BCUT2D eigenvalue weighted by Gasteiger charge is -2.15. The third kappa shape index (κ3) is 2.97. The Morgan fingerprint density at radius 3 is 1.82 bits per heavy atom. The maximum Gasteiger partial charge on any atom is 0.0541 e. The average Bonchev–Trinajstić information content (AvgIpc) is 3.62. The quantitative estimate of drug-likeness (QED) is 0.231. The van der Waals surface area contributed by atoms with Crippen molar-refractivity contribution >= 4 is 38.8 Å². The number of benzene rings is 5. The highest BCUT2D eigenvalue weighted by Gasteiger charge is 2.34. The zero-order chi connectivity index (χ0) is 25.5. The number of nitrogens with zero attached hydrogens (tertiary/aromatic N) is 2. The van der Waals surface area contributed by atoms with E-state index < -0.39 is 0 Å². The van der Waals surface area contributed by atoms with E-state index in [1.54, 1.807) is 0 Å². The largest absolute Gasteiger partial charge is 0.312 e. The second kappa shape index (κ2) is 7.72. The van der Waals surface area contributed by atoms with Crippen LogP contribution < -0.4 is 0 Å². The van der Waals surface area contributed by atoms with Gasteiger partial charge in [0.2, 0.25) is 0 Å². The van der Waals surface area contributed by atoms with E-state index in [0.717, 1.165) is 0 Å². The first-order valence-electron chi connectivity index (χ1n) is 13.6.